The second-order valence-corrected chi connectivity index (χ2v) is 8.04. The molecule has 1 aromatic carbocycles. The number of hydrogen-bond donors (Lipinski definition) is 2. The Hall–Kier alpha value is -2.67. The minimum Gasteiger partial charge on any atom is -0.354 e. The molecule has 29 heavy (non-hydrogen) atoms. The van der Waals surface area contributed by atoms with E-state index in [1.165, 1.54) is 0 Å². The molecule has 0 aliphatic carbocycles. The monoisotopic (exact) mass is 395 g/mol. The van der Waals surface area contributed by atoms with Crippen molar-refractivity contribution in [2.24, 2.45) is 5.92 Å². The van der Waals surface area contributed by atoms with Gasteiger partial charge in [0, 0.05) is 37.6 Å². The fraction of sp³-hybridized carbons (Fsp3) is 0.500. The number of benzene rings is 1. The molecule has 0 saturated carbocycles. The smallest absolute Gasteiger partial charge is 0.253 e. The van der Waals surface area contributed by atoms with Crippen LogP contribution in [0.2, 0.25) is 0 Å². The predicted octanol–water partition coefficient (Wildman–Crippen LogP) is 1.63. The number of piperidine rings is 2. The van der Waals surface area contributed by atoms with E-state index in [0.29, 0.717) is 12.5 Å². The van der Waals surface area contributed by atoms with Crippen LogP contribution in [0.5, 0.6) is 0 Å². The SMILES string of the molecule is O=C(c1ccccc1)N1CCC(CNC(=O)C2(n3cccn3)CCNCC2)CC1. The molecule has 7 nitrogen and oxygen atoms in total. The van der Waals surface area contributed by atoms with Gasteiger partial charge in [0.25, 0.3) is 5.91 Å². The molecule has 0 radical (unpaired) electrons. The van der Waals surface area contributed by atoms with Gasteiger partial charge in [0.05, 0.1) is 0 Å². The fourth-order valence-corrected chi connectivity index (χ4v) is 4.43. The zero-order chi connectivity index (χ0) is 20.1. The Labute approximate surface area is 171 Å². The highest BCUT2D eigenvalue weighted by atomic mass is 16.2. The maximum atomic E-state index is 13.2. The first-order chi connectivity index (χ1) is 14.2. The summed E-state index contributed by atoms with van der Waals surface area (Å²) in [5, 5.41) is 10.9. The third-order valence-electron chi connectivity index (χ3n) is 6.27. The van der Waals surface area contributed by atoms with Crippen molar-refractivity contribution in [3.8, 4) is 0 Å². The number of carbonyl (C=O) groups excluding carboxylic acids is 2. The lowest BCUT2D eigenvalue weighted by atomic mass is 9.87. The lowest BCUT2D eigenvalue weighted by molar-refractivity contribution is -0.132. The summed E-state index contributed by atoms with van der Waals surface area (Å²) in [5.74, 6) is 0.557. The molecule has 0 bridgehead atoms. The van der Waals surface area contributed by atoms with Crippen LogP contribution in [0.3, 0.4) is 0 Å². The second-order valence-electron chi connectivity index (χ2n) is 8.04. The van der Waals surface area contributed by atoms with Crippen LogP contribution < -0.4 is 10.6 Å². The number of nitrogens with zero attached hydrogens (tertiary/aromatic N) is 3. The molecule has 1 aromatic heterocycles. The fourth-order valence-electron chi connectivity index (χ4n) is 4.43. The van der Waals surface area contributed by atoms with E-state index in [1.807, 2.05) is 52.2 Å². The first-order valence-electron chi connectivity index (χ1n) is 10.5. The van der Waals surface area contributed by atoms with Crippen LogP contribution >= 0.6 is 0 Å². The van der Waals surface area contributed by atoms with Gasteiger partial charge in [0.2, 0.25) is 5.91 Å². The molecule has 0 spiro atoms. The average molecular weight is 396 g/mol. The highest BCUT2D eigenvalue weighted by molar-refractivity contribution is 5.94. The zero-order valence-corrected chi connectivity index (χ0v) is 16.7. The summed E-state index contributed by atoms with van der Waals surface area (Å²) in [6.07, 6.45) is 6.93. The molecule has 4 rings (SSSR count). The Morgan fingerprint density at radius 1 is 1.10 bits per heavy atom. The van der Waals surface area contributed by atoms with Crippen molar-refractivity contribution >= 4 is 11.8 Å². The van der Waals surface area contributed by atoms with E-state index >= 15 is 0 Å². The lowest BCUT2D eigenvalue weighted by Crippen LogP contribution is -2.55. The van der Waals surface area contributed by atoms with Gasteiger partial charge in [-0.25, -0.2) is 0 Å². The molecular weight excluding hydrogens is 366 g/mol. The normalized spacial score (nSPS) is 19.7. The van der Waals surface area contributed by atoms with Crippen molar-refractivity contribution in [2.75, 3.05) is 32.7 Å². The first-order valence-corrected chi connectivity index (χ1v) is 10.5. The number of amides is 2. The van der Waals surface area contributed by atoms with E-state index in [-0.39, 0.29) is 11.8 Å². The van der Waals surface area contributed by atoms with E-state index in [2.05, 4.69) is 15.7 Å². The Kier molecular flexibility index (Phi) is 5.94. The molecule has 7 heteroatoms. The molecule has 2 N–H and O–H groups in total. The minimum absolute atomic E-state index is 0.0606. The number of hydrogen-bond acceptors (Lipinski definition) is 4. The van der Waals surface area contributed by atoms with Crippen molar-refractivity contribution in [3.63, 3.8) is 0 Å². The van der Waals surface area contributed by atoms with E-state index in [9.17, 15) is 9.59 Å². The summed E-state index contributed by atoms with van der Waals surface area (Å²) in [4.78, 5) is 27.7. The minimum atomic E-state index is -0.598. The molecule has 2 aliphatic heterocycles. The summed E-state index contributed by atoms with van der Waals surface area (Å²) in [5.41, 5.74) is 0.143. The third kappa shape index (κ3) is 4.19. The lowest BCUT2D eigenvalue weighted by Gasteiger charge is -2.37. The largest absolute Gasteiger partial charge is 0.354 e. The molecule has 2 amide bonds. The molecule has 3 heterocycles. The molecular formula is C22H29N5O2. The molecule has 2 aliphatic rings. The standard InChI is InChI=1S/C22H29N5O2/c28-20(19-5-2-1-3-6-19)26-15-7-18(8-16-26)17-24-21(29)22(9-12-23-13-10-22)27-14-4-11-25-27/h1-6,11,14,18,23H,7-10,12-13,15-17H2,(H,24,29). The predicted molar refractivity (Wildman–Crippen MR) is 110 cm³/mol. The Bertz CT molecular complexity index is 807. The van der Waals surface area contributed by atoms with Crippen molar-refractivity contribution in [3.05, 3.63) is 54.4 Å². The van der Waals surface area contributed by atoms with Crippen molar-refractivity contribution < 1.29 is 9.59 Å². The zero-order valence-electron chi connectivity index (χ0n) is 16.7. The number of likely N-dealkylation sites (tertiary alicyclic amines) is 1. The molecule has 2 aromatic rings. The topological polar surface area (TPSA) is 79.3 Å². The van der Waals surface area contributed by atoms with E-state index < -0.39 is 5.54 Å². The van der Waals surface area contributed by atoms with Crippen molar-refractivity contribution in [2.45, 2.75) is 31.2 Å². The molecule has 0 unspecified atom stereocenters. The summed E-state index contributed by atoms with van der Waals surface area (Å²) >= 11 is 0. The van der Waals surface area contributed by atoms with Gasteiger partial charge in [-0.2, -0.15) is 5.10 Å². The molecule has 2 saturated heterocycles. The number of carbonyl (C=O) groups is 2. The van der Waals surface area contributed by atoms with Crippen molar-refractivity contribution in [1.82, 2.24) is 25.3 Å². The van der Waals surface area contributed by atoms with Crippen molar-refractivity contribution in [1.29, 1.82) is 0 Å². The maximum Gasteiger partial charge on any atom is 0.253 e. The van der Waals surface area contributed by atoms with Gasteiger partial charge in [0.15, 0.2) is 0 Å². The van der Waals surface area contributed by atoms with Crippen LogP contribution in [0, 0.1) is 5.92 Å². The number of rotatable bonds is 5. The second kappa shape index (κ2) is 8.78. The highest BCUT2D eigenvalue weighted by Crippen LogP contribution is 2.27. The van der Waals surface area contributed by atoms with E-state index in [4.69, 9.17) is 0 Å². The van der Waals surface area contributed by atoms with E-state index in [0.717, 1.165) is 57.4 Å². The number of aromatic nitrogens is 2. The highest BCUT2D eigenvalue weighted by Gasteiger charge is 2.42. The molecule has 0 atom stereocenters. The van der Waals surface area contributed by atoms with Crippen LogP contribution in [-0.4, -0.2) is 59.2 Å². The van der Waals surface area contributed by atoms with Crippen LogP contribution in [0.4, 0.5) is 0 Å². The number of nitrogens with one attached hydrogen (secondary N) is 2. The van der Waals surface area contributed by atoms with Gasteiger partial charge in [-0.05, 0) is 62.9 Å². The first kappa shape index (κ1) is 19.6. The van der Waals surface area contributed by atoms with Gasteiger partial charge in [-0.1, -0.05) is 18.2 Å². The summed E-state index contributed by atoms with van der Waals surface area (Å²) in [7, 11) is 0. The van der Waals surface area contributed by atoms with Gasteiger partial charge < -0.3 is 15.5 Å². The van der Waals surface area contributed by atoms with Gasteiger partial charge in [0.1, 0.15) is 5.54 Å². The van der Waals surface area contributed by atoms with Crippen LogP contribution in [0.15, 0.2) is 48.8 Å². The molecule has 2 fully saturated rings. The quantitative estimate of drug-likeness (QED) is 0.807. The summed E-state index contributed by atoms with van der Waals surface area (Å²) < 4.78 is 1.82. The van der Waals surface area contributed by atoms with Gasteiger partial charge >= 0.3 is 0 Å². The van der Waals surface area contributed by atoms with Crippen LogP contribution in [0.1, 0.15) is 36.0 Å². The van der Waals surface area contributed by atoms with Gasteiger partial charge in [-0.15, -0.1) is 0 Å². The molecule has 154 valence electrons. The summed E-state index contributed by atoms with van der Waals surface area (Å²) in [6, 6.07) is 11.3. The Morgan fingerprint density at radius 3 is 2.48 bits per heavy atom. The van der Waals surface area contributed by atoms with Gasteiger partial charge in [-0.3, -0.25) is 14.3 Å². The Morgan fingerprint density at radius 2 is 1.83 bits per heavy atom. The average Bonchev–Trinajstić information content (AvgIpc) is 3.34. The summed E-state index contributed by atoms with van der Waals surface area (Å²) in [6.45, 7) is 3.76. The third-order valence-corrected chi connectivity index (χ3v) is 6.27. The van der Waals surface area contributed by atoms with Crippen LogP contribution in [0.25, 0.3) is 0 Å². The van der Waals surface area contributed by atoms with E-state index in [1.54, 1.807) is 6.20 Å². The van der Waals surface area contributed by atoms with Crippen LogP contribution in [-0.2, 0) is 10.3 Å². The maximum absolute atomic E-state index is 13.2. The Balaban J connectivity index is 1.31.